The van der Waals surface area contributed by atoms with Crippen LogP contribution in [0.5, 0.6) is 0 Å². The van der Waals surface area contributed by atoms with Crippen LogP contribution in [-0.4, -0.2) is 23.0 Å². The summed E-state index contributed by atoms with van der Waals surface area (Å²) in [6.07, 6.45) is 0. The molecule has 0 aliphatic carbocycles. The fourth-order valence-electron chi connectivity index (χ4n) is 2.21. The molecule has 1 aromatic carbocycles. The second-order valence-electron chi connectivity index (χ2n) is 4.72. The van der Waals surface area contributed by atoms with Gasteiger partial charge in [0.1, 0.15) is 11.0 Å². The van der Waals surface area contributed by atoms with Gasteiger partial charge in [0, 0.05) is 24.8 Å². The van der Waals surface area contributed by atoms with Gasteiger partial charge in [-0.3, -0.25) is 10.1 Å². The number of nitro groups is 1. The minimum absolute atomic E-state index is 0.0301. The lowest BCUT2D eigenvalue weighted by Gasteiger charge is -2.22. The van der Waals surface area contributed by atoms with E-state index in [4.69, 9.17) is 11.6 Å². The molecule has 0 aliphatic rings. The molecule has 0 spiro atoms. The van der Waals surface area contributed by atoms with Crippen LogP contribution in [0.1, 0.15) is 13.8 Å². The zero-order valence-electron chi connectivity index (χ0n) is 12.7. The summed E-state index contributed by atoms with van der Waals surface area (Å²) in [5.74, 6) is -0.444. The van der Waals surface area contributed by atoms with E-state index in [-0.39, 0.29) is 16.7 Å². The molecule has 0 amide bonds. The Morgan fingerprint density at radius 3 is 2.57 bits per heavy atom. The molecule has 6 nitrogen and oxygen atoms in total. The maximum Gasteiger partial charge on any atom is 0.311 e. The van der Waals surface area contributed by atoms with E-state index in [1.165, 1.54) is 18.2 Å². The molecule has 0 saturated carbocycles. The molecule has 1 heterocycles. The van der Waals surface area contributed by atoms with Crippen molar-refractivity contribution < 1.29 is 9.31 Å². The summed E-state index contributed by atoms with van der Waals surface area (Å²) in [5.41, 5.74) is 0.605. The number of halogens is 2. The summed E-state index contributed by atoms with van der Waals surface area (Å²) < 4.78 is 14.3. The number of rotatable bonds is 6. The first-order valence-corrected chi connectivity index (χ1v) is 7.46. The van der Waals surface area contributed by atoms with Gasteiger partial charge in [-0.15, -0.1) is 0 Å². The number of pyridine rings is 1. The number of nitrogens with one attached hydrogen (secondary N) is 1. The lowest BCUT2D eigenvalue weighted by molar-refractivity contribution is -0.384. The highest BCUT2D eigenvalue weighted by atomic mass is 35.5. The number of nitrogens with zero attached hydrogens (tertiary/aromatic N) is 3. The zero-order chi connectivity index (χ0) is 17.0. The molecule has 2 aromatic rings. The molecule has 0 atom stereocenters. The Labute approximate surface area is 138 Å². The lowest BCUT2D eigenvalue weighted by atomic mass is 10.2. The monoisotopic (exact) mass is 338 g/mol. The molecule has 0 radical (unpaired) electrons. The number of anilines is 3. The Bertz CT molecular complexity index is 723. The first-order chi connectivity index (χ1) is 11.0. The predicted molar refractivity (Wildman–Crippen MR) is 89.1 cm³/mol. The minimum atomic E-state index is -0.577. The van der Waals surface area contributed by atoms with E-state index in [1.807, 2.05) is 18.7 Å². The van der Waals surface area contributed by atoms with Crippen LogP contribution in [0.15, 0.2) is 30.3 Å². The van der Waals surface area contributed by atoms with E-state index in [0.29, 0.717) is 24.5 Å². The van der Waals surface area contributed by atoms with Gasteiger partial charge in [0.25, 0.3) is 0 Å². The Morgan fingerprint density at radius 2 is 2.00 bits per heavy atom. The van der Waals surface area contributed by atoms with Crippen molar-refractivity contribution >= 4 is 34.5 Å². The van der Waals surface area contributed by atoms with Crippen LogP contribution < -0.4 is 10.2 Å². The first kappa shape index (κ1) is 17.0. The van der Waals surface area contributed by atoms with E-state index in [9.17, 15) is 14.5 Å². The molecule has 0 bridgehead atoms. The summed E-state index contributed by atoms with van der Waals surface area (Å²) in [7, 11) is 0. The van der Waals surface area contributed by atoms with Crippen molar-refractivity contribution in [1.29, 1.82) is 0 Å². The number of hydrogen-bond donors (Lipinski definition) is 1. The second-order valence-corrected chi connectivity index (χ2v) is 5.11. The normalized spacial score (nSPS) is 10.4. The summed E-state index contributed by atoms with van der Waals surface area (Å²) in [6, 6.07) is 7.12. The van der Waals surface area contributed by atoms with Crippen LogP contribution in [-0.2, 0) is 0 Å². The van der Waals surface area contributed by atoms with Crippen molar-refractivity contribution in [3.05, 3.63) is 51.4 Å². The first-order valence-electron chi connectivity index (χ1n) is 7.08. The topological polar surface area (TPSA) is 71.3 Å². The average molecular weight is 339 g/mol. The fourth-order valence-corrected chi connectivity index (χ4v) is 2.36. The molecule has 1 N–H and O–H groups in total. The van der Waals surface area contributed by atoms with Gasteiger partial charge in [-0.05, 0) is 38.1 Å². The smallest absolute Gasteiger partial charge is 0.311 e. The van der Waals surface area contributed by atoms with Crippen molar-refractivity contribution in [2.24, 2.45) is 0 Å². The Balaban J connectivity index is 2.33. The van der Waals surface area contributed by atoms with Crippen molar-refractivity contribution in [3.63, 3.8) is 0 Å². The summed E-state index contributed by atoms with van der Waals surface area (Å²) in [5, 5.41) is 13.9. The number of aromatic nitrogens is 1. The maximum atomic E-state index is 14.3. The Hall–Kier alpha value is -2.41. The van der Waals surface area contributed by atoms with Gasteiger partial charge in [-0.2, -0.15) is 0 Å². The lowest BCUT2D eigenvalue weighted by Crippen LogP contribution is -2.22. The number of hydrogen-bond acceptors (Lipinski definition) is 5. The molecule has 0 aliphatic heterocycles. The van der Waals surface area contributed by atoms with E-state index in [2.05, 4.69) is 10.3 Å². The average Bonchev–Trinajstić information content (AvgIpc) is 2.50. The van der Waals surface area contributed by atoms with Gasteiger partial charge in [0.05, 0.1) is 10.6 Å². The Kier molecular flexibility index (Phi) is 5.33. The minimum Gasteiger partial charge on any atom is -0.370 e. The summed E-state index contributed by atoms with van der Waals surface area (Å²) >= 11 is 5.77. The highest BCUT2D eigenvalue weighted by Crippen LogP contribution is 2.29. The van der Waals surface area contributed by atoms with Crippen LogP contribution in [0.4, 0.5) is 27.3 Å². The Morgan fingerprint density at radius 1 is 1.30 bits per heavy atom. The van der Waals surface area contributed by atoms with E-state index in [0.717, 1.165) is 0 Å². The molecule has 0 unspecified atom stereocenters. The molecule has 2 rings (SSSR count). The van der Waals surface area contributed by atoms with E-state index >= 15 is 0 Å². The largest absolute Gasteiger partial charge is 0.370 e. The highest BCUT2D eigenvalue weighted by Gasteiger charge is 2.17. The molecule has 8 heteroatoms. The van der Waals surface area contributed by atoms with Gasteiger partial charge in [-0.25, -0.2) is 9.37 Å². The van der Waals surface area contributed by atoms with E-state index < -0.39 is 10.7 Å². The van der Waals surface area contributed by atoms with Crippen molar-refractivity contribution in [1.82, 2.24) is 4.98 Å². The van der Waals surface area contributed by atoms with Gasteiger partial charge in [0.15, 0.2) is 0 Å². The van der Waals surface area contributed by atoms with Crippen LogP contribution in [0.25, 0.3) is 0 Å². The molecular formula is C15H16ClFN4O2. The summed E-state index contributed by atoms with van der Waals surface area (Å²) in [4.78, 5) is 16.2. The predicted octanol–water partition coefficient (Wildman–Crippen LogP) is 4.37. The molecule has 122 valence electrons. The van der Waals surface area contributed by atoms with Crippen molar-refractivity contribution in [3.8, 4) is 0 Å². The third kappa shape index (κ3) is 3.87. The van der Waals surface area contributed by atoms with Crippen molar-refractivity contribution in [2.75, 3.05) is 23.3 Å². The highest BCUT2D eigenvalue weighted by molar-refractivity contribution is 6.29. The summed E-state index contributed by atoms with van der Waals surface area (Å²) in [6.45, 7) is 5.24. The second kappa shape index (κ2) is 7.23. The van der Waals surface area contributed by atoms with E-state index in [1.54, 1.807) is 12.1 Å². The SMILES string of the molecule is CCN(CC)c1ccc(Nc2nc(Cl)ccc2[N+](=O)[O-])cc1F. The van der Waals surface area contributed by atoms with Gasteiger partial charge in [0.2, 0.25) is 5.82 Å². The molecule has 0 fully saturated rings. The third-order valence-corrected chi connectivity index (χ3v) is 3.56. The fraction of sp³-hybridized carbons (Fsp3) is 0.267. The van der Waals surface area contributed by atoms with Gasteiger partial charge < -0.3 is 10.2 Å². The number of benzene rings is 1. The molecule has 23 heavy (non-hydrogen) atoms. The van der Waals surface area contributed by atoms with Crippen LogP contribution in [0, 0.1) is 15.9 Å². The van der Waals surface area contributed by atoms with Crippen LogP contribution >= 0.6 is 11.6 Å². The van der Waals surface area contributed by atoms with Gasteiger partial charge in [-0.1, -0.05) is 11.6 Å². The van der Waals surface area contributed by atoms with Gasteiger partial charge >= 0.3 is 5.69 Å². The third-order valence-electron chi connectivity index (χ3n) is 3.35. The maximum absolute atomic E-state index is 14.3. The van der Waals surface area contributed by atoms with Crippen LogP contribution in [0.3, 0.4) is 0 Å². The molecule has 0 saturated heterocycles. The molecule has 1 aromatic heterocycles. The quantitative estimate of drug-likeness (QED) is 0.481. The van der Waals surface area contributed by atoms with Crippen LogP contribution in [0.2, 0.25) is 5.15 Å². The zero-order valence-corrected chi connectivity index (χ0v) is 13.5. The molecular weight excluding hydrogens is 323 g/mol. The van der Waals surface area contributed by atoms with Crippen molar-refractivity contribution in [2.45, 2.75) is 13.8 Å². The standard InChI is InChI=1S/C15H16ClFN4O2/c1-3-20(4-2)12-6-5-10(9-11(12)17)18-15-13(21(22)23)7-8-14(16)19-15/h5-9H,3-4H2,1-2H3,(H,18,19).